The second kappa shape index (κ2) is 5.50. The van der Waals surface area contributed by atoms with E-state index >= 15 is 0 Å². The molecule has 20 heavy (non-hydrogen) atoms. The normalized spacial score (nSPS) is 14.9. The number of aromatic nitrogens is 2. The van der Waals surface area contributed by atoms with Gasteiger partial charge in [-0.05, 0) is 25.0 Å². The zero-order valence-electron chi connectivity index (χ0n) is 11.3. The zero-order chi connectivity index (χ0) is 13.9. The van der Waals surface area contributed by atoms with Crippen molar-refractivity contribution in [1.29, 1.82) is 0 Å². The van der Waals surface area contributed by atoms with Crippen molar-refractivity contribution in [2.24, 2.45) is 5.73 Å². The quantitative estimate of drug-likeness (QED) is 0.895. The van der Waals surface area contributed by atoms with E-state index in [1.54, 1.807) is 0 Å². The molecule has 1 aliphatic rings. The molecule has 0 atom stereocenters. The Bertz CT molecular complexity index is 617. The van der Waals surface area contributed by atoms with Gasteiger partial charge < -0.3 is 19.8 Å². The average Bonchev–Trinajstić information content (AvgIpc) is 3.13. The van der Waals surface area contributed by atoms with Crippen LogP contribution in [-0.4, -0.2) is 39.9 Å². The van der Waals surface area contributed by atoms with Gasteiger partial charge in [-0.25, -0.2) is 4.98 Å². The monoisotopic (exact) mass is 274 g/mol. The Kier molecular flexibility index (Phi) is 3.56. The van der Waals surface area contributed by atoms with Gasteiger partial charge in [0, 0.05) is 32.0 Å². The van der Waals surface area contributed by atoms with Gasteiger partial charge >= 0.3 is 0 Å². The molecule has 0 aromatic carbocycles. The number of nitrogens with two attached hydrogens (primary N) is 1. The summed E-state index contributed by atoms with van der Waals surface area (Å²) in [5, 5.41) is 0. The van der Waals surface area contributed by atoms with Crippen LogP contribution < -0.4 is 10.5 Å². The molecule has 1 saturated heterocycles. The standard InChI is InChI=1S/C14H18N4O2/c15-8-11-9-18-7-3-4-12(14(18)16-11)20-10-13(19)17-5-1-2-6-17/h3-4,7,9H,1-2,5-6,8,10,15H2. The summed E-state index contributed by atoms with van der Waals surface area (Å²) in [5.41, 5.74) is 7.09. The first-order valence-electron chi connectivity index (χ1n) is 6.85. The molecule has 2 N–H and O–H groups in total. The number of carbonyl (C=O) groups excluding carboxylic acids is 1. The van der Waals surface area contributed by atoms with Crippen molar-refractivity contribution in [1.82, 2.24) is 14.3 Å². The Hall–Kier alpha value is -2.08. The molecule has 6 nitrogen and oxygen atoms in total. The Balaban J connectivity index is 1.73. The fourth-order valence-electron chi connectivity index (χ4n) is 2.45. The molecule has 6 heteroatoms. The first kappa shape index (κ1) is 12.9. The highest BCUT2D eigenvalue weighted by Crippen LogP contribution is 2.19. The Morgan fingerprint density at radius 2 is 2.20 bits per heavy atom. The van der Waals surface area contributed by atoms with E-state index in [4.69, 9.17) is 10.5 Å². The van der Waals surface area contributed by atoms with Crippen LogP contribution in [0.1, 0.15) is 18.5 Å². The third-order valence-corrected chi connectivity index (χ3v) is 3.52. The van der Waals surface area contributed by atoms with E-state index in [-0.39, 0.29) is 12.5 Å². The molecule has 106 valence electrons. The van der Waals surface area contributed by atoms with Gasteiger partial charge in [0.25, 0.3) is 5.91 Å². The molecule has 2 aromatic heterocycles. The maximum atomic E-state index is 12.0. The SMILES string of the molecule is NCc1cn2cccc(OCC(=O)N3CCCC3)c2n1. The average molecular weight is 274 g/mol. The smallest absolute Gasteiger partial charge is 0.260 e. The van der Waals surface area contributed by atoms with E-state index in [9.17, 15) is 4.79 Å². The van der Waals surface area contributed by atoms with Crippen molar-refractivity contribution in [2.45, 2.75) is 19.4 Å². The van der Waals surface area contributed by atoms with Crippen molar-refractivity contribution in [3.63, 3.8) is 0 Å². The lowest BCUT2D eigenvalue weighted by molar-refractivity contribution is -0.132. The number of hydrogen-bond acceptors (Lipinski definition) is 4. The summed E-state index contributed by atoms with van der Waals surface area (Å²) >= 11 is 0. The second-order valence-corrected chi connectivity index (χ2v) is 4.92. The van der Waals surface area contributed by atoms with Crippen LogP contribution in [-0.2, 0) is 11.3 Å². The summed E-state index contributed by atoms with van der Waals surface area (Å²) in [4.78, 5) is 18.2. The van der Waals surface area contributed by atoms with Gasteiger partial charge in [-0.3, -0.25) is 4.79 Å². The van der Waals surface area contributed by atoms with Crippen LogP contribution in [0, 0.1) is 0 Å². The molecular weight excluding hydrogens is 256 g/mol. The fraction of sp³-hybridized carbons (Fsp3) is 0.429. The molecule has 0 saturated carbocycles. The maximum absolute atomic E-state index is 12.0. The second-order valence-electron chi connectivity index (χ2n) is 4.92. The molecule has 1 amide bonds. The number of carbonyl (C=O) groups is 1. The van der Waals surface area contributed by atoms with Crippen molar-refractivity contribution < 1.29 is 9.53 Å². The van der Waals surface area contributed by atoms with Gasteiger partial charge in [0.2, 0.25) is 0 Å². The number of amides is 1. The summed E-state index contributed by atoms with van der Waals surface area (Å²) in [6.07, 6.45) is 5.92. The van der Waals surface area contributed by atoms with Gasteiger partial charge in [0.15, 0.2) is 18.0 Å². The van der Waals surface area contributed by atoms with Crippen molar-refractivity contribution in [3.05, 3.63) is 30.2 Å². The number of ether oxygens (including phenoxy) is 1. The molecule has 0 bridgehead atoms. The topological polar surface area (TPSA) is 72.9 Å². The number of imidazole rings is 1. The Morgan fingerprint density at radius 1 is 1.40 bits per heavy atom. The minimum Gasteiger partial charge on any atom is -0.480 e. The lowest BCUT2D eigenvalue weighted by atomic mass is 10.4. The Morgan fingerprint density at radius 3 is 2.95 bits per heavy atom. The highest BCUT2D eigenvalue weighted by molar-refractivity contribution is 5.78. The van der Waals surface area contributed by atoms with E-state index in [0.717, 1.165) is 31.6 Å². The van der Waals surface area contributed by atoms with Gasteiger partial charge in [0.1, 0.15) is 0 Å². The summed E-state index contributed by atoms with van der Waals surface area (Å²) in [5.74, 6) is 0.648. The highest BCUT2D eigenvalue weighted by atomic mass is 16.5. The third kappa shape index (κ3) is 2.46. The highest BCUT2D eigenvalue weighted by Gasteiger charge is 2.18. The van der Waals surface area contributed by atoms with Crippen molar-refractivity contribution in [2.75, 3.05) is 19.7 Å². The molecule has 0 aliphatic carbocycles. The minimum atomic E-state index is 0.0371. The molecule has 1 aliphatic heterocycles. The number of nitrogens with zero attached hydrogens (tertiary/aromatic N) is 3. The molecule has 3 rings (SSSR count). The molecule has 2 aromatic rings. The van der Waals surface area contributed by atoms with Gasteiger partial charge in [-0.1, -0.05) is 0 Å². The maximum Gasteiger partial charge on any atom is 0.260 e. The van der Waals surface area contributed by atoms with E-state index < -0.39 is 0 Å². The van der Waals surface area contributed by atoms with Crippen LogP contribution in [0.4, 0.5) is 0 Å². The van der Waals surface area contributed by atoms with Crippen LogP contribution in [0.15, 0.2) is 24.5 Å². The van der Waals surface area contributed by atoms with E-state index in [2.05, 4.69) is 4.98 Å². The molecule has 0 radical (unpaired) electrons. The minimum absolute atomic E-state index is 0.0371. The number of rotatable bonds is 4. The van der Waals surface area contributed by atoms with Gasteiger partial charge in [0.05, 0.1) is 5.69 Å². The van der Waals surface area contributed by atoms with Crippen molar-refractivity contribution in [3.8, 4) is 5.75 Å². The summed E-state index contributed by atoms with van der Waals surface area (Å²) in [6.45, 7) is 2.12. The van der Waals surface area contributed by atoms with E-state index in [1.807, 2.05) is 33.8 Å². The Labute approximate surface area is 117 Å². The first-order chi connectivity index (χ1) is 9.78. The number of hydrogen-bond donors (Lipinski definition) is 1. The molecule has 1 fully saturated rings. The van der Waals surface area contributed by atoms with Crippen LogP contribution >= 0.6 is 0 Å². The predicted octanol–water partition coefficient (Wildman–Crippen LogP) is 0.794. The number of pyridine rings is 1. The number of likely N-dealkylation sites (tertiary alicyclic amines) is 1. The fourth-order valence-corrected chi connectivity index (χ4v) is 2.45. The van der Waals surface area contributed by atoms with E-state index in [0.29, 0.717) is 17.9 Å². The molecular formula is C14H18N4O2. The molecule has 3 heterocycles. The third-order valence-electron chi connectivity index (χ3n) is 3.52. The van der Waals surface area contributed by atoms with Crippen LogP contribution in [0.25, 0.3) is 5.65 Å². The van der Waals surface area contributed by atoms with Crippen LogP contribution in [0.3, 0.4) is 0 Å². The first-order valence-corrected chi connectivity index (χ1v) is 6.85. The lowest BCUT2D eigenvalue weighted by Crippen LogP contribution is -2.32. The predicted molar refractivity (Wildman–Crippen MR) is 74.4 cm³/mol. The van der Waals surface area contributed by atoms with Crippen LogP contribution in [0.5, 0.6) is 5.75 Å². The number of fused-ring (bicyclic) bond motifs is 1. The van der Waals surface area contributed by atoms with Crippen LogP contribution in [0.2, 0.25) is 0 Å². The molecule has 0 spiro atoms. The zero-order valence-corrected chi connectivity index (χ0v) is 11.3. The summed E-state index contributed by atoms with van der Waals surface area (Å²) in [7, 11) is 0. The largest absolute Gasteiger partial charge is 0.480 e. The van der Waals surface area contributed by atoms with Crippen molar-refractivity contribution >= 4 is 11.6 Å². The van der Waals surface area contributed by atoms with Gasteiger partial charge in [-0.15, -0.1) is 0 Å². The van der Waals surface area contributed by atoms with E-state index in [1.165, 1.54) is 0 Å². The lowest BCUT2D eigenvalue weighted by Gasteiger charge is -2.15. The molecule has 0 unspecified atom stereocenters. The summed E-state index contributed by atoms with van der Waals surface area (Å²) < 4.78 is 7.49. The van der Waals surface area contributed by atoms with Gasteiger partial charge in [-0.2, -0.15) is 0 Å². The summed E-state index contributed by atoms with van der Waals surface area (Å²) in [6, 6.07) is 3.69.